The molecule has 4 rings (SSSR count). The molecule has 0 unspecified atom stereocenters. The number of methoxy groups -OCH3 is 1. The van der Waals surface area contributed by atoms with Gasteiger partial charge in [0.05, 0.1) is 18.5 Å². The van der Waals surface area contributed by atoms with Gasteiger partial charge < -0.3 is 14.5 Å². The Morgan fingerprint density at radius 1 is 1.03 bits per heavy atom. The molecule has 2 aliphatic rings. The van der Waals surface area contributed by atoms with Gasteiger partial charge in [-0.05, 0) is 49.8 Å². The number of thiazole rings is 1. The van der Waals surface area contributed by atoms with Crippen LogP contribution < -0.4 is 4.74 Å². The average molecular weight is 428 g/mol. The molecular formula is C23H29N3O3S. The van der Waals surface area contributed by atoms with Gasteiger partial charge in [0, 0.05) is 37.5 Å². The van der Waals surface area contributed by atoms with Crippen LogP contribution in [0.1, 0.15) is 59.1 Å². The summed E-state index contributed by atoms with van der Waals surface area (Å²) in [4.78, 5) is 33.9. The second kappa shape index (κ2) is 9.60. The summed E-state index contributed by atoms with van der Waals surface area (Å²) in [5.74, 6) is 1.37. The first-order valence-electron chi connectivity index (χ1n) is 10.8. The smallest absolute Gasteiger partial charge is 0.273 e. The molecule has 0 aliphatic carbocycles. The van der Waals surface area contributed by atoms with E-state index in [9.17, 15) is 9.59 Å². The van der Waals surface area contributed by atoms with E-state index in [4.69, 9.17) is 4.74 Å². The van der Waals surface area contributed by atoms with Crippen LogP contribution >= 0.6 is 11.3 Å². The zero-order valence-corrected chi connectivity index (χ0v) is 18.3. The Bertz CT molecular complexity index is 866. The van der Waals surface area contributed by atoms with Gasteiger partial charge in [0.2, 0.25) is 5.91 Å². The van der Waals surface area contributed by atoms with E-state index < -0.39 is 0 Å². The molecule has 0 radical (unpaired) electrons. The van der Waals surface area contributed by atoms with Crippen LogP contribution in [0.2, 0.25) is 0 Å². The maximum atomic E-state index is 12.7. The van der Waals surface area contributed by atoms with Gasteiger partial charge in [0.1, 0.15) is 11.4 Å². The lowest BCUT2D eigenvalue weighted by Crippen LogP contribution is -2.38. The molecule has 3 heterocycles. The molecule has 160 valence electrons. The fraction of sp³-hybridized carbons (Fsp3) is 0.522. The lowest BCUT2D eigenvalue weighted by molar-refractivity contribution is -0.131. The largest absolute Gasteiger partial charge is 0.497 e. The van der Waals surface area contributed by atoms with Crippen LogP contribution in [0.25, 0.3) is 0 Å². The zero-order valence-electron chi connectivity index (χ0n) is 17.5. The Kier molecular flexibility index (Phi) is 6.67. The minimum Gasteiger partial charge on any atom is -0.497 e. The average Bonchev–Trinajstić information content (AvgIpc) is 3.30. The predicted octanol–water partition coefficient (Wildman–Crippen LogP) is 3.73. The molecule has 6 nitrogen and oxygen atoms in total. The minimum atomic E-state index is 0.0734. The van der Waals surface area contributed by atoms with Gasteiger partial charge in [0.25, 0.3) is 5.91 Å². The van der Waals surface area contributed by atoms with Crippen molar-refractivity contribution in [1.29, 1.82) is 0 Å². The highest BCUT2D eigenvalue weighted by Crippen LogP contribution is 2.31. The lowest BCUT2D eigenvalue weighted by atomic mass is 9.97. The maximum Gasteiger partial charge on any atom is 0.273 e. The SMILES string of the molecule is COc1ccc(CC(=O)N2CCC(c3nc(C(=O)N4CCCCC4)cs3)CC2)cc1. The second-order valence-corrected chi connectivity index (χ2v) is 8.99. The fourth-order valence-corrected chi connectivity index (χ4v) is 5.20. The molecule has 2 amide bonds. The summed E-state index contributed by atoms with van der Waals surface area (Å²) in [6.07, 6.45) is 5.61. The maximum absolute atomic E-state index is 12.7. The normalized spacial score (nSPS) is 17.8. The molecule has 30 heavy (non-hydrogen) atoms. The van der Waals surface area contributed by atoms with E-state index in [0.29, 0.717) is 18.0 Å². The van der Waals surface area contributed by atoms with Gasteiger partial charge in [0.15, 0.2) is 0 Å². The fourth-order valence-electron chi connectivity index (χ4n) is 4.24. The number of hydrogen-bond acceptors (Lipinski definition) is 5. The summed E-state index contributed by atoms with van der Waals surface area (Å²) in [5, 5.41) is 2.95. The van der Waals surface area contributed by atoms with Crippen molar-refractivity contribution in [1.82, 2.24) is 14.8 Å². The number of nitrogens with zero attached hydrogens (tertiary/aromatic N) is 3. The monoisotopic (exact) mass is 427 g/mol. The van der Waals surface area contributed by atoms with E-state index in [2.05, 4.69) is 4.98 Å². The quantitative estimate of drug-likeness (QED) is 0.730. The summed E-state index contributed by atoms with van der Waals surface area (Å²) in [5.41, 5.74) is 1.60. The number of rotatable bonds is 5. The lowest BCUT2D eigenvalue weighted by Gasteiger charge is -2.31. The molecule has 2 aliphatic heterocycles. The third-order valence-corrected chi connectivity index (χ3v) is 7.10. The minimum absolute atomic E-state index is 0.0734. The highest BCUT2D eigenvalue weighted by molar-refractivity contribution is 7.09. The second-order valence-electron chi connectivity index (χ2n) is 8.10. The highest BCUT2D eigenvalue weighted by atomic mass is 32.1. The number of ether oxygens (including phenoxy) is 1. The number of benzene rings is 1. The zero-order chi connectivity index (χ0) is 20.9. The summed E-state index contributed by atoms with van der Waals surface area (Å²) >= 11 is 1.59. The van der Waals surface area contributed by atoms with E-state index in [1.165, 1.54) is 6.42 Å². The van der Waals surface area contributed by atoms with E-state index in [1.807, 2.05) is 39.4 Å². The number of carbonyl (C=O) groups excluding carboxylic acids is 2. The molecule has 2 aromatic rings. The Balaban J connectivity index is 1.29. The number of carbonyl (C=O) groups is 2. The van der Waals surface area contributed by atoms with Crippen LogP contribution in [-0.4, -0.2) is 59.9 Å². The molecule has 1 aromatic heterocycles. The first kappa shape index (κ1) is 20.8. The van der Waals surface area contributed by atoms with Gasteiger partial charge in [-0.1, -0.05) is 12.1 Å². The Labute approximate surface area is 181 Å². The van der Waals surface area contributed by atoms with Crippen molar-refractivity contribution in [3.05, 3.63) is 45.9 Å². The van der Waals surface area contributed by atoms with Crippen LogP contribution in [0.15, 0.2) is 29.6 Å². The number of amides is 2. The van der Waals surface area contributed by atoms with Crippen molar-refractivity contribution >= 4 is 23.2 Å². The van der Waals surface area contributed by atoms with Gasteiger partial charge in [-0.25, -0.2) is 4.98 Å². The van der Waals surface area contributed by atoms with Gasteiger partial charge in [-0.3, -0.25) is 9.59 Å². The Morgan fingerprint density at radius 3 is 2.40 bits per heavy atom. The summed E-state index contributed by atoms with van der Waals surface area (Å²) in [7, 11) is 1.64. The molecule has 2 saturated heterocycles. The van der Waals surface area contributed by atoms with Crippen molar-refractivity contribution in [3.8, 4) is 5.75 Å². The van der Waals surface area contributed by atoms with Crippen LogP contribution in [0.3, 0.4) is 0 Å². The van der Waals surface area contributed by atoms with Gasteiger partial charge in [-0.15, -0.1) is 11.3 Å². The topological polar surface area (TPSA) is 62.7 Å². The standard InChI is InChI=1S/C23H29N3O3S/c1-29-19-7-5-17(6-8-19)15-21(27)25-13-9-18(10-14-25)22-24-20(16-30-22)23(28)26-11-3-2-4-12-26/h5-8,16,18H,2-4,9-15H2,1H3. The Morgan fingerprint density at radius 2 is 1.73 bits per heavy atom. The van der Waals surface area contributed by atoms with Crippen molar-refractivity contribution < 1.29 is 14.3 Å². The third-order valence-electron chi connectivity index (χ3n) is 6.10. The molecule has 0 spiro atoms. The molecule has 7 heteroatoms. The molecule has 0 bridgehead atoms. The van der Waals surface area contributed by atoms with Crippen LogP contribution in [-0.2, 0) is 11.2 Å². The number of hydrogen-bond donors (Lipinski definition) is 0. The predicted molar refractivity (Wildman–Crippen MR) is 117 cm³/mol. The van der Waals surface area contributed by atoms with E-state index >= 15 is 0 Å². The third kappa shape index (κ3) is 4.83. The number of piperidine rings is 2. The summed E-state index contributed by atoms with van der Waals surface area (Å²) < 4.78 is 5.17. The number of aromatic nitrogens is 1. The van der Waals surface area contributed by atoms with Crippen LogP contribution in [0, 0.1) is 0 Å². The molecule has 1 aromatic carbocycles. The van der Waals surface area contributed by atoms with Crippen molar-refractivity contribution in [2.24, 2.45) is 0 Å². The van der Waals surface area contributed by atoms with Crippen LogP contribution in [0.4, 0.5) is 0 Å². The van der Waals surface area contributed by atoms with E-state index in [0.717, 1.165) is 68.2 Å². The molecule has 0 atom stereocenters. The Hall–Kier alpha value is -2.41. The van der Waals surface area contributed by atoms with Crippen molar-refractivity contribution in [2.45, 2.75) is 44.4 Å². The van der Waals surface area contributed by atoms with E-state index in [1.54, 1.807) is 18.4 Å². The van der Waals surface area contributed by atoms with E-state index in [-0.39, 0.29) is 11.8 Å². The van der Waals surface area contributed by atoms with Crippen LogP contribution in [0.5, 0.6) is 5.75 Å². The summed E-state index contributed by atoms with van der Waals surface area (Å²) in [6.45, 7) is 3.18. The van der Waals surface area contributed by atoms with Gasteiger partial charge >= 0.3 is 0 Å². The molecule has 0 N–H and O–H groups in total. The van der Waals surface area contributed by atoms with Crippen molar-refractivity contribution in [2.75, 3.05) is 33.3 Å². The first-order chi connectivity index (χ1) is 14.6. The van der Waals surface area contributed by atoms with Crippen molar-refractivity contribution in [3.63, 3.8) is 0 Å². The number of likely N-dealkylation sites (tertiary alicyclic amines) is 2. The summed E-state index contributed by atoms with van der Waals surface area (Å²) in [6, 6.07) is 7.67. The highest BCUT2D eigenvalue weighted by Gasteiger charge is 2.27. The van der Waals surface area contributed by atoms with Gasteiger partial charge in [-0.2, -0.15) is 0 Å². The molecule has 0 saturated carbocycles. The first-order valence-corrected chi connectivity index (χ1v) is 11.7. The molecule has 2 fully saturated rings. The molecular weight excluding hydrogens is 398 g/mol.